The van der Waals surface area contributed by atoms with E-state index in [1.807, 2.05) is 38.7 Å². The molecule has 68 heavy (non-hydrogen) atoms. The van der Waals surface area contributed by atoms with E-state index in [0.29, 0.717) is 48.6 Å². The van der Waals surface area contributed by atoms with Crippen molar-refractivity contribution in [3.63, 3.8) is 0 Å². The smallest absolute Gasteiger partial charge is 0.249 e. The Morgan fingerprint density at radius 1 is 0.618 bits per heavy atom. The zero-order valence-corrected chi connectivity index (χ0v) is 45.7. The van der Waals surface area contributed by atoms with E-state index in [1.54, 1.807) is 34.5 Å². The van der Waals surface area contributed by atoms with Crippen LogP contribution < -0.4 is 18.9 Å². The number of phenolic OH excluding ortho intramolecular Hbond substituents is 1. The number of benzene rings is 3. The molecular weight excluding hydrogens is 857 g/mol. The topological polar surface area (TPSA) is 66.9 Å². The van der Waals surface area contributed by atoms with E-state index in [1.165, 1.54) is 80.5 Å². The van der Waals surface area contributed by atoms with Gasteiger partial charge in [-0.25, -0.2) is 8.78 Å². The van der Waals surface area contributed by atoms with Gasteiger partial charge in [0, 0.05) is 61.3 Å². The summed E-state index contributed by atoms with van der Waals surface area (Å²) in [4.78, 5) is 7.26. The van der Waals surface area contributed by atoms with E-state index in [2.05, 4.69) is 95.5 Å². The maximum Gasteiger partial charge on any atom is 0.249 e. The summed E-state index contributed by atoms with van der Waals surface area (Å²) >= 11 is 0. The minimum atomic E-state index is -2.54. The number of phenols is 1. The van der Waals surface area contributed by atoms with Crippen LogP contribution in [0.1, 0.15) is 173 Å². The van der Waals surface area contributed by atoms with Gasteiger partial charge in [0.15, 0.2) is 0 Å². The Bertz CT molecular complexity index is 1950. The van der Waals surface area contributed by atoms with Crippen LogP contribution in [0.3, 0.4) is 0 Å². The second-order valence-corrected chi connectivity index (χ2v) is 21.4. The summed E-state index contributed by atoms with van der Waals surface area (Å²) in [5.74, 6) is 2.62. The first-order valence-corrected chi connectivity index (χ1v) is 26.0. The van der Waals surface area contributed by atoms with Crippen LogP contribution in [0.25, 0.3) is 0 Å². The molecule has 0 radical (unpaired) electrons. The number of ether oxygens (including phenoxy) is 4. The highest BCUT2D eigenvalue weighted by atomic mass is 19.3. The van der Waals surface area contributed by atoms with Crippen LogP contribution in [-0.2, 0) is 19.5 Å². The van der Waals surface area contributed by atoms with Gasteiger partial charge in [-0.2, -0.15) is 0 Å². The van der Waals surface area contributed by atoms with E-state index in [0.717, 1.165) is 53.8 Å². The number of methoxy groups -OCH3 is 4. The Kier molecular flexibility index (Phi) is 23.9. The van der Waals surface area contributed by atoms with Crippen LogP contribution in [0.4, 0.5) is 8.78 Å². The molecule has 3 aliphatic heterocycles. The van der Waals surface area contributed by atoms with Crippen molar-refractivity contribution < 1.29 is 32.8 Å². The van der Waals surface area contributed by atoms with Gasteiger partial charge < -0.3 is 29.0 Å². The fourth-order valence-electron chi connectivity index (χ4n) is 9.90. The third kappa shape index (κ3) is 17.4. The highest BCUT2D eigenvalue weighted by molar-refractivity contribution is 5.52. The average Bonchev–Trinajstić information content (AvgIpc) is 3.65. The molecule has 6 rings (SSSR count). The number of hydrogen-bond acceptors (Lipinski definition) is 8. The number of likely N-dealkylation sites (tertiary alicyclic amines) is 3. The van der Waals surface area contributed by atoms with Crippen LogP contribution in [0.2, 0.25) is 0 Å². The van der Waals surface area contributed by atoms with Crippen LogP contribution in [0, 0.1) is 23.7 Å². The van der Waals surface area contributed by atoms with Crippen molar-refractivity contribution in [1.82, 2.24) is 14.7 Å². The second-order valence-electron chi connectivity index (χ2n) is 21.4. The van der Waals surface area contributed by atoms with Gasteiger partial charge in [0.05, 0.1) is 28.4 Å². The van der Waals surface area contributed by atoms with E-state index in [-0.39, 0.29) is 24.5 Å². The predicted octanol–water partition coefficient (Wildman–Crippen LogP) is 14.3. The van der Waals surface area contributed by atoms with Crippen molar-refractivity contribution in [2.45, 2.75) is 172 Å². The van der Waals surface area contributed by atoms with Gasteiger partial charge in [0.1, 0.15) is 28.7 Å². The normalized spacial score (nSPS) is 19.7. The average molecular weight is 952 g/mol. The first-order chi connectivity index (χ1) is 32.1. The molecule has 0 amide bonds. The summed E-state index contributed by atoms with van der Waals surface area (Å²) in [6.07, 6.45) is 8.00. The van der Waals surface area contributed by atoms with Crippen molar-refractivity contribution in [1.29, 1.82) is 0 Å². The third-order valence-electron chi connectivity index (χ3n) is 14.9. The Hall–Kier alpha value is -3.60. The Labute approximate surface area is 413 Å². The first-order valence-electron chi connectivity index (χ1n) is 26.0. The maximum atomic E-state index is 13.5. The van der Waals surface area contributed by atoms with E-state index in [9.17, 15) is 13.9 Å². The third-order valence-corrected chi connectivity index (χ3v) is 14.9. The minimum absolute atomic E-state index is 0.0343. The molecule has 0 saturated carbocycles. The summed E-state index contributed by atoms with van der Waals surface area (Å²) in [6, 6.07) is 14.1. The lowest BCUT2D eigenvalue weighted by Crippen LogP contribution is -2.28. The number of hydrogen-bond donors (Lipinski definition) is 1. The van der Waals surface area contributed by atoms with E-state index in [4.69, 9.17) is 18.9 Å². The molecule has 10 heteroatoms. The quantitative estimate of drug-likeness (QED) is 0.182. The lowest BCUT2D eigenvalue weighted by molar-refractivity contribution is -0.0132. The fraction of sp³-hybridized carbons (Fsp3) is 0.690. The molecule has 1 N–H and O–H groups in total. The van der Waals surface area contributed by atoms with E-state index < -0.39 is 5.92 Å². The lowest BCUT2D eigenvalue weighted by Gasteiger charge is -2.29. The minimum Gasteiger partial charge on any atom is -0.508 e. The number of nitrogens with zero attached hydrogens (tertiary/aromatic N) is 3. The molecule has 0 bridgehead atoms. The molecule has 0 aromatic heterocycles. The number of halogens is 2. The molecule has 3 heterocycles. The molecule has 8 nitrogen and oxygen atoms in total. The summed E-state index contributed by atoms with van der Waals surface area (Å²) in [5, 5.41) is 10.0. The van der Waals surface area contributed by atoms with Gasteiger partial charge in [-0.05, 0) is 143 Å². The van der Waals surface area contributed by atoms with Gasteiger partial charge in [-0.3, -0.25) is 9.80 Å². The molecule has 3 fully saturated rings. The van der Waals surface area contributed by atoms with Crippen LogP contribution in [-0.4, -0.2) is 100.0 Å². The monoisotopic (exact) mass is 952 g/mol. The van der Waals surface area contributed by atoms with Gasteiger partial charge in [-0.15, -0.1) is 0 Å². The molecule has 3 aromatic carbocycles. The Morgan fingerprint density at radius 3 is 1.74 bits per heavy atom. The Morgan fingerprint density at radius 2 is 1.16 bits per heavy atom. The molecule has 3 aromatic rings. The van der Waals surface area contributed by atoms with Crippen molar-refractivity contribution in [3.05, 3.63) is 75.8 Å². The fourth-order valence-corrected chi connectivity index (χ4v) is 9.90. The summed E-state index contributed by atoms with van der Waals surface area (Å²) < 4.78 is 49.2. The highest BCUT2D eigenvalue weighted by Crippen LogP contribution is 2.41. The zero-order chi connectivity index (χ0) is 50.8. The maximum absolute atomic E-state index is 13.5. The van der Waals surface area contributed by atoms with Gasteiger partial charge in [0.2, 0.25) is 5.92 Å². The van der Waals surface area contributed by atoms with Gasteiger partial charge in [0.25, 0.3) is 0 Å². The van der Waals surface area contributed by atoms with E-state index >= 15 is 0 Å². The summed E-state index contributed by atoms with van der Waals surface area (Å²) in [5.41, 5.74) is 7.85. The highest BCUT2D eigenvalue weighted by Gasteiger charge is 2.33. The largest absolute Gasteiger partial charge is 0.508 e. The molecule has 1 atom stereocenters. The van der Waals surface area contributed by atoms with Gasteiger partial charge in [-0.1, -0.05) is 100 Å². The van der Waals surface area contributed by atoms with Crippen molar-refractivity contribution in [3.8, 4) is 28.7 Å². The number of aromatic hydroxyl groups is 1. The molecule has 0 spiro atoms. The molecule has 1 unspecified atom stereocenters. The zero-order valence-electron chi connectivity index (χ0n) is 45.7. The van der Waals surface area contributed by atoms with Crippen LogP contribution in [0.5, 0.6) is 28.7 Å². The summed E-state index contributed by atoms with van der Waals surface area (Å²) in [7, 11) is 6.85. The van der Waals surface area contributed by atoms with Crippen LogP contribution in [0.15, 0.2) is 42.5 Å². The van der Waals surface area contributed by atoms with Crippen molar-refractivity contribution in [2.75, 3.05) is 74.3 Å². The van der Waals surface area contributed by atoms with Crippen molar-refractivity contribution in [2.24, 2.45) is 16.7 Å². The predicted molar refractivity (Wildman–Crippen MR) is 281 cm³/mol. The van der Waals surface area contributed by atoms with Crippen molar-refractivity contribution >= 4 is 0 Å². The number of alkyl halides is 2. The molecule has 3 aliphatic rings. The standard InChI is InChI=1S/C20H33NO2.C19H31NO.C17H25F2NO2.C2H6/c1-15(2)18-17(22-5)9-8-16(19(18)23-6)14-21-12-7-10-20(3,4)11-13-21;1-15-9-12-20(14-11-19(15,3)4)13-10-17-7-6-8-18(21-5)16(17)2;1-12(2)15-14(21)6-5-13(16(15)22-3)11-20-9-4-7-17(18,19)8-10-20;1-2/h8-9,15H,7,10-14H2,1-6H3;6-8,15H,9-14H2,1-5H3;5-6,12,21H,4,7-11H2,1-3H3;1-2H3. The summed E-state index contributed by atoms with van der Waals surface area (Å²) in [6.45, 7) is 35.1. The molecule has 0 aliphatic carbocycles. The van der Waals surface area contributed by atoms with Crippen LogP contribution >= 0.6 is 0 Å². The van der Waals surface area contributed by atoms with Gasteiger partial charge >= 0.3 is 0 Å². The molecule has 3 saturated heterocycles. The Balaban J connectivity index is 0.000000265. The SMILES string of the molecule is CC.COc1c(CN2CCCC(F)(F)CC2)ccc(O)c1C(C)C.COc1ccc(CN2CCCC(C)(C)CC2)c(OC)c1C(C)C.COc1cccc(CCN2CCC(C)C(C)(C)CC2)c1C. The number of rotatable bonds is 13. The lowest BCUT2D eigenvalue weighted by atomic mass is 9.76. The second kappa shape index (κ2) is 27.7. The molecule has 386 valence electrons. The first kappa shape index (κ1) is 58.7. The molecular formula is C58H95F2N3O5.